The van der Waals surface area contributed by atoms with Gasteiger partial charge in [-0.1, -0.05) is 36.4 Å². The number of H-pyrrole nitrogens is 2. The summed E-state index contributed by atoms with van der Waals surface area (Å²) in [5.41, 5.74) is 4.82. The van der Waals surface area contributed by atoms with Crippen LogP contribution in [0.4, 0.5) is 0 Å². The van der Waals surface area contributed by atoms with E-state index in [1.165, 1.54) is 13.1 Å². The van der Waals surface area contributed by atoms with Crippen molar-refractivity contribution < 1.29 is 9.59 Å². The lowest BCUT2D eigenvalue weighted by atomic mass is 10.0. The largest absolute Gasteiger partial charge is 0.353 e. The lowest BCUT2D eigenvalue weighted by molar-refractivity contribution is -0.134. The summed E-state index contributed by atoms with van der Waals surface area (Å²) in [4.78, 5) is 32.6. The van der Waals surface area contributed by atoms with E-state index in [2.05, 4.69) is 16.0 Å². The Morgan fingerprint density at radius 3 is 2.35 bits per heavy atom. The Morgan fingerprint density at radius 2 is 1.62 bits per heavy atom. The molecule has 1 aliphatic heterocycles. The number of benzene rings is 2. The second-order valence-electron chi connectivity index (χ2n) is 6.45. The number of hydrogen-bond acceptors (Lipinski definition) is 2. The predicted molar refractivity (Wildman–Crippen MR) is 101 cm³/mol. The van der Waals surface area contributed by atoms with Crippen molar-refractivity contribution in [1.82, 2.24) is 14.9 Å². The highest BCUT2D eigenvalue weighted by Gasteiger charge is 2.32. The third-order valence-corrected chi connectivity index (χ3v) is 4.91. The second kappa shape index (κ2) is 5.20. The summed E-state index contributed by atoms with van der Waals surface area (Å²) in [5.74, 6) is -0.574. The van der Waals surface area contributed by atoms with E-state index < -0.39 is 0 Å². The zero-order valence-corrected chi connectivity index (χ0v) is 14.0. The van der Waals surface area contributed by atoms with Gasteiger partial charge in [0.15, 0.2) is 0 Å². The SMILES string of the molecule is CN1C(=O)C=C(c2c(-c3cc4ccccc4[nH]3)[nH]c3ccccc23)C1=O. The van der Waals surface area contributed by atoms with Gasteiger partial charge in [0.2, 0.25) is 0 Å². The Kier molecular flexibility index (Phi) is 2.94. The molecule has 126 valence electrons. The topological polar surface area (TPSA) is 69.0 Å². The summed E-state index contributed by atoms with van der Waals surface area (Å²) in [6.07, 6.45) is 1.42. The summed E-state index contributed by atoms with van der Waals surface area (Å²) < 4.78 is 0. The van der Waals surface area contributed by atoms with Crippen LogP contribution in [0.5, 0.6) is 0 Å². The average Bonchev–Trinajstić information content (AvgIpc) is 3.31. The Bertz CT molecular complexity index is 1210. The molecule has 0 bridgehead atoms. The number of likely N-dealkylation sites (N-methyl/N-ethyl adjacent to an activating group) is 1. The molecule has 5 heteroatoms. The van der Waals surface area contributed by atoms with E-state index in [0.717, 1.165) is 43.7 Å². The molecule has 0 fully saturated rings. The van der Waals surface area contributed by atoms with Gasteiger partial charge in [0.05, 0.1) is 17.0 Å². The maximum Gasteiger partial charge on any atom is 0.261 e. The van der Waals surface area contributed by atoms with Crippen molar-refractivity contribution in [1.29, 1.82) is 0 Å². The smallest absolute Gasteiger partial charge is 0.261 e. The zero-order valence-electron chi connectivity index (χ0n) is 14.0. The maximum absolute atomic E-state index is 12.6. The van der Waals surface area contributed by atoms with E-state index in [9.17, 15) is 9.59 Å². The van der Waals surface area contributed by atoms with Crippen molar-refractivity contribution in [3.63, 3.8) is 0 Å². The van der Waals surface area contributed by atoms with Gasteiger partial charge in [-0.2, -0.15) is 0 Å². The zero-order chi connectivity index (χ0) is 17.8. The van der Waals surface area contributed by atoms with Gasteiger partial charge < -0.3 is 9.97 Å². The number of carbonyl (C=O) groups excluding carboxylic acids is 2. The van der Waals surface area contributed by atoms with Gasteiger partial charge in [-0.3, -0.25) is 14.5 Å². The first kappa shape index (κ1) is 14.7. The molecule has 1 aliphatic rings. The van der Waals surface area contributed by atoms with Crippen LogP contribution in [0.2, 0.25) is 0 Å². The number of imide groups is 1. The first-order chi connectivity index (χ1) is 12.6. The molecule has 0 atom stereocenters. The van der Waals surface area contributed by atoms with Crippen LogP contribution in [-0.2, 0) is 9.59 Å². The third-order valence-electron chi connectivity index (χ3n) is 4.91. The van der Waals surface area contributed by atoms with E-state index in [-0.39, 0.29) is 11.8 Å². The maximum atomic E-state index is 12.6. The van der Waals surface area contributed by atoms with E-state index in [1.807, 2.05) is 48.5 Å². The van der Waals surface area contributed by atoms with Crippen LogP contribution in [0.1, 0.15) is 5.56 Å². The Hall–Kier alpha value is -3.60. The average molecular weight is 341 g/mol. The molecule has 2 aromatic carbocycles. The van der Waals surface area contributed by atoms with Crippen LogP contribution >= 0.6 is 0 Å². The number of rotatable bonds is 2. The van der Waals surface area contributed by atoms with Crippen LogP contribution < -0.4 is 0 Å². The van der Waals surface area contributed by atoms with Crippen LogP contribution in [0.15, 0.2) is 60.7 Å². The van der Waals surface area contributed by atoms with Crippen molar-refractivity contribution >= 4 is 39.2 Å². The number of hydrogen-bond donors (Lipinski definition) is 2. The fourth-order valence-corrected chi connectivity index (χ4v) is 3.57. The number of para-hydroxylation sites is 2. The molecule has 0 unspecified atom stereocenters. The number of nitrogens with one attached hydrogen (secondary N) is 2. The van der Waals surface area contributed by atoms with Crippen molar-refractivity contribution in [3.8, 4) is 11.4 Å². The quantitative estimate of drug-likeness (QED) is 0.546. The number of carbonyl (C=O) groups is 2. The molecule has 2 N–H and O–H groups in total. The van der Waals surface area contributed by atoms with E-state index in [0.29, 0.717) is 5.57 Å². The molecule has 2 aromatic heterocycles. The van der Waals surface area contributed by atoms with Gasteiger partial charge in [-0.15, -0.1) is 0 Å². The number of fused-ring (bicyclic) bond motifs is 2. The normalized spacial score (nSPS) is 14.7. The minimum absolute atomic E-state index is 0.280. The number of amides is 2. The van der Waals surface area contributed by atoms with Crippen molar-refractivity contribution in [2.45, 2.75) is 0 Å². The predicted octanol–water partition coefficient (Wildman–Crippen LogP) is 3.70. The fourth-order valence-electron chi connectivity index (χ4n) is 3.57. The Morgan fingerprint density at radius 1 is 0.885 bits per heavy atom. The summed E-state index contributed by atoms with van der Waals surface area (Å²) >= 11 is 0. The number of aromatic nitrogens is 2. The highest BCUT2D eigenvalue weighted by Crippen LogP contribution is 2.38. The lowest BCUT2D eigenvalue weighted by Gasteiger charge is -2.08. The van der Waals surface area contributed by atoms with Gasteiger partial charge >= 0.3 is 0 Å². The molecule has 0 saturated carbocycles. The summed E-state index contributed by atoms with van der Waals surface area (Å²) in [5, 5.41) is 2.01. The van der Waals surface area contributed by atoms with Crippen LogP contribution in [0.3, 0.4) is 0 Å². The Labute approximate surface area is 148 Å². The molecular weight excluding hydrogens is 326 g/mol. The third kappa shape index (κ3) is 1.97. The van der Waals surface area contributed by atoms with Gasteiger partial charge in [0.1, 0.15) is 0 Å². The van der Waals surface area contributed by atoms with Crippen LogP contribution in [0.25, 0.3) is 38.8 Å². The number of aromatic amines is 2. The molecule has 26 heavy (non-hydrogen) atoms. The molecule has 2 amide bonds. The fraction of sp³-hybridized carbons (Fsp3) is 0.0476. The summed E-state index contributed by atoms with van der Waals surface area (Å²) in [6.45, 7) is 0. The highest BCUT2D eigenvalue weighted by molar-refractivity contribution is 6.36. The van der Waals surface area contributed by atoms with Crippen LogP contribution in [0, 0.1) is 0 Å². The number of nitrogens with zero attached hydrogens (tertiary/aromatic N) is 1. The molecular formula is C21H15N3O2. The summed E-state index contributed by atoms with van der Waals surface area (Å²) in [6, 6.07) is 17.9. The minimum atomic E-state index is -0.294. The van der Waals surface area contributed by atoms with E-state index >= 15 is 0 Å². The van der Waals surface area contributed by atoms with Crippen molar-refractivity contribution in [2.24, 2.45) is 0 Å². The summed E-state index contributed by atoms with van der Waals surface area (Å²) in [7, 11) is 1.51. The second-order valence-corrected chi connectivity index (χ2v) is 6.45. The van der Waals surface area contributed by atoms with Crippen molar-refractivity contribution in [3.05, 3.63) is 66.2 Å². The Balaban J connectivity index is 1.82. The standard InChI is InChI=1S/C21H15N3O2/c1-24-18(25)11-14(21(24)26)19-13-7-3-5-9-16(13)23-20(19)17-10-12-6-2-4-8-15(12)22-17/h2-11,22-23H,1H3. The van der Waals surface area contributed by atoms with Crippen molar-refractivity contribution in [2.75, 3.05) is 7.05 Å². The molecule has 0 aliphatic carbocycles. The van der Waals surface area contributed by atoms with Gasteiger partial charge in [-0.05, 0) is 18.2 Å². The molecule has 0 saturated heterocycles. The molecule has 5 rings (SSSR count). The van der Waals surface area contributed by atoms with Gasteiger partial charge in [-0.25, -0.2) is 0 Å². The first-order valence-corrected chi connectivity index (χ1v) is 8.36. The molecule has 4 aromatic rings. The molecule has 0 radical (unpaired) electrons. The molecule has 5 nitrogen and oxygen atoms in total. The monoisotopic (exact) mass is 341 g/mol. The van der Waals surface area contributed by atoms with Crippen LogP contribution in [-0.4, -0.2) is 33.7 Å². The van der Waals surface area contributed by atoms with E-state index in [4.69, 9.17) is 0 Å². The molecule has 3 heterocycles. The highest BCUT2D eigenvalue weighted by atomic mass is 16.2. The molecule has 0 spiro atoms. The van der Waals surface area contributed by atoms with E-state index in [1.54, 1.807) is 0 Å². The first-order valence-electron chi connectivity index (χ1n) is 8.36. The van der Waals surface area contributed by atoms with Gasteiger partial charge in [0, 0.05) is 40.5 Å². The minimum Gasteiger partial charge on any atom is -0.353 e. The lowest BCUT2D eigenvalue weighted by Crippen LogP contribution is -2.25. The van der Waals surface area contributed by atoms with Gasteiger partial charge in [0.25, 0.3) is 11.8 Å².